The first-order valence-corrected chi connectivity index (χ1v) is 8.39. The largest absolute Gasteiger partial charge is 0.497 e. The minimum Gasteiger partial charge on any atom is -0.497 e. The number of quaternary nitrogens is 1. The maximum absolute atomic E-state index is 12.4. The van der Waals surface area contributed by atoms with Crippen molar-refractivity contribution in [3.63, 3.8) is 0 Å². The summed E-state index contributed by atoms with van der Waals surface area (Å²) >= 11 is 0. The third-order valence-corrected chi connectivity index (χ3v) is 4.38. The molecule has 2 N–H and O–H groups in total. The highest BCUT2D eigenvalue weighted by Gasteiger charge is 2.21. The number of nitrogens with one attached hydrogen (secondary N) is 2. The van der Waals surface area contributed by atoms with Crippen LogP contribution in [0.1, 0.15) is 18.1 Å². The quantitative estimate of drug-likeness (QED) is 0.762. The first-order valence-electron chi connectivity index (χ1n) is 8.39. The van der Waals surface area contributed by atoms with Gasteiger partial charge in [0, 0.05) is 12.1 Å². The SMILES string of the molecule is COc1ccc(CNC(=O)[C@@H](C)[NH+](C)Cc2cccc(OC)c2)cc1. The van der Waals surface area contributed by atoms with E-state index in [0.29, 0.717) is 6.54 Å². The van der Waals surface area contributed by atoms with E-state index in [4.69, 9.17) is 9.47 Å². The molecule has 0 radical (unpaired) electrons. The van der Waals surface area contributed by atoms with Gasteiger partial charge in [-0.25, -0.2) is 0 Å². The van der Waals surface area contributed by atoms with Crippen LogP contribution in [0.4, 0.5) is 0 Å². The Bertz CT molecular complexity index is 686. The molecule has 0 fully saturated rings. The molecule has 0 aliphatic heterocycles. The smallest absolute Gasteiger partial charge is 0.278 e. The molecule has 134 valence electrons. The Morgan fingerprint density at radius 1 is 1.04 bits per heavy atom. The molecule has 0 aliphatic carbocycles. The molecule has 2 atom stereocenters. The molecule has 2 rings (SSSR count). The first kappa shape index (κ1) is 18.8. The van der Waals surface area contributed by atoms with Crippen molar-refractivity contribution in [2.24, 2.45) is 0 Å². The summed E-state index contributed by atoms with van der Waals surface area (Å²) in [6.45, 7) is 3.22. The van der Waals surface area contributed by atoms with Gasteiger partial charge in [0.05, 0.1) is 21.3 Å². The number of carbonyl (C=O) groups is 1. The molecule has 0 saturated carbocycles. The summed E-state index contributed by atoms with van der Waals surface area (Å²) in [6.07, 6.45) is 0. The zero-order valence-electron chi connectivity index (χ0n) is 15.3. The topological polar surface area (TPSA) is 52.0 Å². The van der Waals surface area contributed by atoms with Gasteiger partial charge in [0.25, 0.3) is 5.91 Å². The van der Waals surface area contributed by atoms with Crippen molar-refractivity contribution in [1.82, 2.24) is 5.32 Å². The Morgan fingerprint density at radius 3 is 2.36 bits per heavy atom. The van der Waals surface area contributed by atoms with E-state index in [1.807, 2.05) is 62.5 Å². The fraction of sp³-hybridized carbons (Fsp3) is 0.350. The number of hydrogen-bond donors (Lipinski definition) is 2. The molecule has 5 nitrogen and oxygen atoms in total. The van der Waals surface area contributed by atoms with Crippen molar-refractivity contribution < 1.29 is 19.2 Å². The van der Waals surface area contributed by atoms with Gasteiger partial charge in [-0.1, -0.05) is 24.3 Å². The Kier molecular flexibility index (Phi) is 6.83. The van der Waals surface area contributed by atoms with Gasteiger partial charge < -0.3 is 19.7 Å². The average molecular weight is 343 g/mol. The van der Waals surface area contributed by atoms with Crippen molar-refractivity contribution >= 4 is 5.91 Å². The van der Waals surface area contributed by atoms with Gasteiger partial charge in [-0.05, 0) is 36.8 Å². The van der Waals surface area contributed by atoms with Gasteiger partial charge in [-0.15, -0.1) is 0 Å². The van der Waals surface area contributed by atoms with E-state index in [1.165, 1.54) is 0 Å². The van der Waals surface area contributed by atoms with Crippen LogP contribution in [0.2, 0.25) is 0 Å². The summed E-state index contributed by atoms with van der Waals surface area (Å²) in [5, 5.41) is 3.00. The predicted molar refractivity (Wildman–Crippen MR) is 97.9 cm³/mol. The Balaban J connectivity index is 1.87. The molecule has 0 aromatic heterocycles. The number of ether oxygens (including phenoxy) is 2. The molecule has 2 aromatic rings. The highest BCUT2D eigenvalue weighted by Crippen LogP contribution is 2.12. The molecule has 0 heterocycles. The summed E-state index contributed by atoms with van der Waals surface area (Å²) in [6, 6.07) is 15.5. The number of hydrogen-bond acceptors (Lipinski definition) is 3. The molecule has 2 aromatic carbocycles. The molecule has 0 saturated heterocycles. The lowest BCUT2D eigenvalue weighted by atomic mass is 10.1. The highest BCUT2D eigenvalue weighted by atomic mass is 16.5. The lowest BCUT2D eigenvalue weighted by molar-refractivity contribution is -0.908. The molecule has 25 heavy (non-hydrogen) atoms. The van der Waals surface area contributed by atoms with Crippen molar-refractivity contribution in [3.8, 4) is 11.5 Å². The zero-order chi connectivity index (χ0) is 18.2. The van der Waals surface area contributed by atoms with Crippen molar-refractivity contribution in [2.45, 2.75) is 26.1 Å². The van der Waals surface area contributed by atoms with Crippen molar-refractivity contribution in [3.05, 3.63) is 59.7 Å². The van der Waals surface area contributed by atoms with E-state index in [9.17, 15) is 4.79 Å². The normalized spacial score (nSPS) is 13.0. The maximum atomic E-state index is 12.4. The number of likely N-dealkylation sites (N-methyl/N-ethyl adjacent to an activating group) is 1. The van der Waals surface area contributed by atoms with Crippen LogP contribution in [0.25, 0.3) is 0 Å². The second kappa shape index (κ2) is 9.08. The second-order valence-corrected chi connectivity index (χ2v) is 6.16. The van der Waals surface area contributed by atoms with Crippen molar-refractivity contribution in [2.75, 3.05) is 21.3 Å². The van der Waals surface area contributed by atoms with Crippen molar-refractivity contribution in [1.29, 1.82) is 0 Å². The minimum absolute atomic E-state index is 0.0382. The van der Waals surface area contributed by atoms with Gasteiger partial charge >= 0.3 is 0 Å². The highest BCUT2D eigenvalue weighted by molar-refractivity contribution is 5.79. The van der Waals surface area contributed by atoms with E-state index in [1.54, 1.807) is 14.2 Å². The molecule has 0 bridgehead atoms. The first-order chi connectivity index (χ1) is 12.0. The maximum Gasteiger partial charge on any atom is 0.278 e. The van der Waals surface area contributed by atoms with Gasteiger partial charge in [0.2, 0.25) is 0 Å². The Hall–Kier alpha value is -2.53. The molecule has 1 amide bonds. The van der Waals surface area contributed by atoms with Gasteiger partial charge in [-0.2, -0.15) is 0 Å². The number of amides is 1. The molecule has 1 unspecified atom stereocenters. The summed E-state index contributed by atoms with van der Waals surface area (Å²) < 4.78 is 10.4. The van der Waals surface area contributed by atoms with Crippen LogP contribution in [-0.4, -0.2) is 33.2 Å². The summed E-state index contributed by atoms with van der Waals surface area (Å²) in [5.41, 5.74) is 2.19. The lowest BCUT2D eigenvalue weighted by Gasteiger charge is -2.21. The summed E-state index contributed by atoms with van der Waals surface area (Å²) in [5.74, 6) is 1.68. The standard InChI is InChI=1S/C20H26N2O3/c1-15(22(2)14-17-6-5-7-19(12-17)25-4)20(23)21-13-16-8-10-18(24-3)11-9-16/h5-12,15H,13-14H2,1-4H3,(H,21,23)/p+1/t15-/m1/s1. The molecule has 0 spiro atoms. The van der Waals surface area contributed by atoms with Crippen LogP contribution in [0.3, 0.4) is 0 Å². The van der Waals surface area contributed by atoms with Crippen LogP contribution in [-0.2, 0) is 17.9 Å². The van der Waals surface area contributed by atoms with Crippen LogP contribution in [0, 0.1) is 0 Å². The summed E-state index contributed by atoms with van der Waals surface area (Å²) in [7, 11) is 5.32. The second-order valence-electron chi connectivity index (χ2n) is 6.16. The van der Waals surface area contributed by atoms with Crippen LogP contribution >= 0.6 is 0 Å². The number of carbonyl (C=O) groups excluding carboxylic acids is 1. The van der Waals surface area contributed by atoms with E-state index in [-0.39, 0.29) is 11.9 Å². The summed E-state index contributed by atoms with van der Waals surface area (Å²) in [4.78, 5) is 13.5. The van der Waals surface area contributed by atoms with Crippen LogP contribution in [0.5, 0.6) is 11.5 Å². The Morgan fingerprint density at radius 2 is 1.72 bits per heavy atom. The van der Waals surface area contributed by atoms with E-state index in [2.05, 4.69) is 5.32 Å². The third-order valence-electron chi connectivity index (χ3n) is 4.38. The lowest BCUT2D eigenvalue weighted by Crippen LogP contribution is -3.12. The van der Waals surface area contributed by atoms with Gasteiger partial charge in [0.1, 0.15) is 18.0 Å². The molecular weight excluding hydrogens is 316 g/mol. The van der Waals surface area contributed by atoms with E-state index in [0.717, 1.165) is 34.1 Å². The third kappa shape index (κ3) is 5.50. The van der Waals surface area contributed by atoms with Crippen LogP contribution < -0.4 is 19.7 Å². The predicted octanol–water partition coefficient (Wildman–Crippen LogP) is 1.42. The Labute approximate surface area is 149 Å². The number of methoxy groups -OCH3 is 2. The number of rotatable bonds is 8. The molecule has 5 heteroatoms. The van der Waals surface area contributed by atoms with Gasteiger partial charge in [0.15, 0.2) is 6.04 Å². The molecular formula is C20H27N2O3+. The van der Waals surface area contributed by atoms with E-state index >= 15 is 0 Å². The monoisotopic (exact) mass is 343 g/mol. The number of benzene rings is 2. The van der Waals surface area contributed by atoms with Crippen LogP contribution in [0.15, 0.2) is 48.5 Å². The van der Waals surface area contributed by atoms with Gasteiger partial charge in [-0.3, -0.25) is 4.79 Å². The fourth-order valence-corrected chi connectivity index (χ4v) is 2.57. The average Bonchev–Trinajstić information content (AvgIpc) is 2.65. The van der Waals surface area contributed by atoms with E-state index < -0.39 is 0 Å². The fourth-order valence-electron chi connectivity index (χ4n) is 2.57. The zero-order valence-corrected chi connectivity index (χ0v) is 15.3. The minimum atomic E-state index is -0.149. The molecule has 0 aliphatic rings.